The van der Waals surface area contributed by atoms with Gasteiger partial charge in [0.25, 0.3) is 5.91 Å². The number of anilines is 3. The molecule has 32 heavy (non-hydrogen) atoms. The molecule has 3 N–H and O–H groups in total. The molecule has 0 saturated heterocycles. The number of para-hydroxylation sites is 1. The summed E-state index contributed by atoms with van der Waals surface area (Å²) in [5.41, 5.74) is 2.67. The van der Waals surface area contributed by atoms with E-state index in [1.165, 1.54) is 11.6 Å². The van der Waals surface area contributed by atoms with Crippen LogP contribution in [0.15, 0.2) is 69.9 Å². The van der Waals surface area contributed by atoms with E-state index < -0.39 is 11.5 Å². The van der Waals surface area contributed by atoms with Crippen LogP contribution in [0.3, 0.4) is 0 Å². The van der Waals surface area contributed by atoms with E-state index in [4.69, 9.17) is 4.42 Å². The third-order valence-corrected chi connectivity index (χ3v) is 4.76. The number of benzene rings is 2. The zero-order valence-electron chi connectivity index (χ0n) is 17.8. The number of hydrogen-bond donors (Lipinski definition) is 3. The zero-order valence-corrected chi connectivity index (χ0v) is 17.8. The molecule has 4 rings (SSSR count). The Hall–Kier alpha value is -4.20. The highest BCUT2D eigenvalue weighted by molar-refractivity contribution is 5.96. The fourth-order valence-electron chi connectivity index (χ4n) is 3.16. The van der Waals surface area contributed by atoms with Gasteiger partial charge >= 0.3 is 5.63 Å². The van der Waals surface area contributed by atoms with Crippen LogP contribution in [-0.2, 0) is 0 Å². The molecule has 4 aromatic rings. The molecule has 0 radical (unpaired) electrons. The molecular formula is C24H23N5O3. The molecule has 8 nitrogen and oxygen atoms in total. The van der Waals surface area contributed by atoms with Gasteiger partial charge in [0.15, 0.2) is 0 Å². The number of hydrogen-bond acceptors (Lipinski definition) is 7. The Kier molecular flexibility index (Phi) is 6.12. The first-order valence-electron chi connectivity index (χ1n) is 10.2. The van der Waals surface area contributed by atoms with E-state index in [2.05, 4.69) is 25.9 Å². The van der Waals surface area contributed by atoms with E-state index in [1.807, 2.05) is 50.2 Å². The molecule has 8 heteroatoms. The maximum absolute atomic E-state index is 12.4. The second kappa shape index (κ2) is 9.30. The van der Waals surface area contributed by atoms with Crippen molar-refractivity contribution in [1.29, 1.82) is 0 Å². The zero-order chi connectivity index (χ0) is 22.5. The van der Waals surface area contributed by atoms with E-state index in [9.17, 15) is 9.59 Å². The van der Waals surface area contributed by atoms with Gasteiger partial charge in [-0.05, 0) is 38.1 Å². The highest BCUT2D eigenvalue weighted by atomic mass is 16.4. The van der Waals surface area contributed by atoms with Crippen LogP contribution in [0.2, 0.25) is 0 Å². The Morgan fingerprint density at radius 2 is 1.75 bits per heavy atom. The molecule has 0 aliphatic heterocycles. The first-order chi connectivity index (χ1) is 15.5. The lowest BCUT2D eigenvalue weighted by Crippen LogP contribution is -2.32. The van der Waals surface area contributed by atoms with Crippen LogP contribution in [-0.4, -0.2) is 29.0 Å². The predicted octanol–water partition coefficient (Wildman–Crippen LogP) is 3.79. The quantitative estimate of drug-likeness (QED) is 0.303. The monoisotopic (exact) mass is 429 g/mol. The average Bonchev–Trinajstić information content (AvgIpc) is 2.77. The first kappa shape index (κ1) is 21.0. The van der Waals surface area contributed by atoms with Crippen molar-refractivity contribution in [2.24, 2.45) is 0 Å². The summed E-state index contributed by atoms with van der Waals surface area (Å²) in [7, 11) is 0. The van der Waals surface area contributed by atoms with Crippen molar-refractivity contribution in [3.8, 4) is 0 Å². The number of nitrogens with zero attached hydrogens (tertiary/aromatic N) is 2. The van der Waals surface area contributed by atoms with Crippen LogP contribution in [0.4, 0.5) is 17.5 Å². The van der Waals surface area contributed by atoms with Gasteiger partial charge in [0.05, 0.1) is 0 Å². The van der Waals surface area contributed by atoms with Gasteiger partial charge in [-0.3, -0.25) is 4.79 Å². The lowest BCUT2D eigenvalue weighted by atomic mass is 10.2. The summed E-state index contributed by atoms with van der Waals surface area (Å²) in [6, 6.07) is 18.5. The van der Waals surface area contributed by atoms with Gasteiger partial charge < -0.3 is 20.4 Å². The van der Waals surface area contributed by atoms with Crippen LogP contribution >= 0.6 is 0 Å². The summed E-state index contributed by atoms with van der Waals surface area (Å²) >= 11 is 0. The molecule has 1 amide bonds. The predicted molar refractivity (Wildman–Crippen MR) is 125 cm³/mol. The van der Waals surface area contributed by atoms with Crippen molar-refractivity contribution in [3.05, 3.63) is 87.9 Å². The van der Waals surface area contributed by atoms with Crippen molar-refractivity contribution in [2.75, 3.05) is 23.7 Å². The molecule has 0 aliphatic carbocycles. The SMILES string of the molecule is Cc1ccc(Nc2cc(C)nc(NCCNC(=O)c3cc4ccccc4oc3=O)n2)cc1. The van der Waals surface area contributed by atoms with Gasteiger partial charge in [-0.2, -0.15) is 4.98 Å². The molecule has 0 fully saturated rings. The summed E-state index contributed by atoms with van der Waals surface area (Å²) in [5, 5.41) is 9.76. The summed E-state index contributed by atoms with van der Waals surface area (Å²) < 4.78 is 5.21. The largest absolute Gasteiger partial charge is 0.422 e. The maximum Gasteiger partial charge on any atom is 0.349 e. The maximum atomic E-state index is 12.4. The Morgan fingerprint density at radius 1 is 0.969 bits per heavy atom. The average molecular weight is 429 g/mol. The van der Waals surface area contributed by atoms with E-state index in [0.29, 0.717) is 29.3 Å². The van der Waals surface area contributed by atoms with E-state index in [0.717, 1.165) is 11.4 Å². The van der Waals surface area contributed by atoms with E-state index >= 15 is 0 Å². The highest BCUT2D eigenvalue weighted by Gasteiger charge is 2.13. The van der Waals surface area contributed by atoms with Crippen LogP contribution in [0.1, 0.15) is 21.6 Å². The van der Waals surface area contributed by atoms with Gasteiger partial charge in [-0.25, -0.2) is 9.78 Å². The fourth-order valence-corrected chi connectivity index (χ4v) is 3.16. The van der Waals surface area contributed by atoms with Gasteiger partial charge in [-0.15, -0.1) is 0 Å². The minimum Gasteiger partial charge on any atom is -0.422 e. The molecule has 0 spiro atoms. The third-order valence-electron chi connectivity index (χ3n) is 4.76. The molecule has 0 unspecified atom stereocenters. The topological polar surface area (TPSA) is 109 Å². The third kappa shape index (κ3) is 5.10. The minimum absolute atomic E-state index is 0.0277. The van der Waals surface area contributed by atoms with Crippen molar-refractivity contribution in [2.45, 2.75) is 13.8 Å². The Balaban J connectivity index is 1.35. The molecule has 2 aromatic carbocycles. The smallest absolute Gasteiger partial charge is 0.349 e. The van der Waals surface area contributed by atoms with Gasteiger partial charge in [-0.1, -0.05) is 35.9 Å². The lowest BCUT2D eigenvalue weighted by molar-refractivity contribution is 0.0951. The number of aromatic nitrogens is 2. The summed E-state index contributed by atoms with van der Waals surface area (Å²) in [6.07, 6.45) is 0. The molecule has 2 heterocycles. The van der Waals surface area contributed by atoms with Crippen LogP contribution in [0.5, 0.6) is 0 Å². The van der Waals surface area contributed by atoms with Gasteiger partial charge in [0.1, 0.15) is 17.0 Å². The summed E-state index contributed by atoms with van der Waals surface area (Å²) in [6.45, 7) is 4.58. The Morgan fingerprint density at radius 3 is 2.56 bits per heavy atom. The number of fused-ring (bicyclic) bond motifs is 1. The molecule has 0 bridgehead atoms. The summed E-state index contributed by atoms with van der Waals surface area (Å²) in [5.74, 6) is 0.624. The fraction of sp³-hybridized carbons (Fsp3) is 0.167. The normalized spacial score (nSPS) is 10.7. The molecule has 2 aromatic heterocycles. The van der Waals surface area contributed by atoms with Crippen LogP contribution in [0, 0.1) is 13.8 Å². The molecule has 0 aliphatic rings. The first-order valence-corrected chi connectivity index (χ1v) is 10.2. The second-order valence-electron chi connectivity index (χ2n) is 7.38. The molecule has 0 saturated carbocycles. The second-order valence-corrected chi connectivity index (χ2v) is 7.38. The number of amides is 1. The lowest BCUT2D eigenvalue weighted by Gasteiger charge is -2.11. The Labute approximate surface area is 184 Å². The van der Waals surface area contributed by atoms with E-state index in [-0.39, 0.29) is 12.1 Å². The Bertz CT molecular complexity index is 1320. The molecule has 0 atom stereocenters. The van der Waals surface area contributed by atoms with Crippen molar-refractivity contribution >= 4 is 34.3 Å². The van der Waals surface area contributed by atoms with E-state index in [1.54, 1.807) is 18.2 Å². The number of rotatable bonds is 7. The minimum atomic E-state index is -0.664. The number of nitrogens with one attached hydrogen (secondary N) is 3. The summed E-state index contributed by atoms with van der Waals surface area (Å²) in [4.78, 5) is 33.4. The molecule has 162 valence electrons. The van der Waals surface area contributed by atoms with Crippen LogP contribution in [0.25, 0.3) is 11.0 Å². The standard InChI is InChI=1S/C24H23N5O3/c1-15-7-9-18(10-8-15)28-21-13-16(2)27-24(29-21)26-12-11-25-22(30)19-14-17-5-3-4-6-20(17)32-23(19)31/h3-10,13-14H,11-12H2,1-2H3,(H,25,30)(H2,26,27,28,29). The van der Waals surface area contributed by atoms with Gasteiger partial charge in [0.2, 0.25) is 5.95 Å². The van der Waals surface area contributed by atoms with Crippen molar-refractivity contribution in [3.63, 3.8) is 0 Å². The van der Waals surface area contributed by atoms with Gasteiger partial charge in [0, 0.05) is 35.9 Å². The number of carbonyl (C=O) groups is 1. The number of aryl methyl sites for hydroxylation is 2. The van der Waals surface area contributed by atoms with Crippen LogP contribution < -0.4 is 21.6 Å². The number of carbonyl (C=O) groups excluding carboxylic acids is 1. The highest BCUT2D eigenvalue weighted by Crippen LogP contribution is 2.17. The molecular weight excluding hydrogens is 406 g/mol. The van der Waals surface area contributed by atoms with Crippen molar-refractivity contribution in [1.82, 2.24) is 15.3 Å². The van der Waals surface area contributed by atoms with Crippen molar-refractivity contribution < 1.29 is 9.21 Å².